The SMILES string of the molecule is COC(=O)/C(F)=C/c1cc(F)c(C=O)c(F)c1. The van der Waals surface area contributed by atoms with Crippen molar-refractivity contribution in [3.8, 4) is 0 Å². The zero-order chi connectivity index (χ0) is 13.0. The van der Waals surface area contributed by atoms with Gasteiger partial charge in [-0.3, -0.25) is 4.79 Å². The summed E-state index contributed by atoms with van der Waals surface area (Å²) >= 11 is 0. The average molecular weight is 244 g/mol. The predicted molar refractivity (Wildman–Crippen MR) is 52.8 cm³/mol. The number of hydrogen-bond acceptors (Lipinski definition) is 3. The number of halogens is 3. The van der Waals surface area contributed by atoms with Crippen LogP contribution < -0.4 is 0 Å². The molecule has 90 valence electrons. The first-order valence-electron chi connectivity index (χ1n) is 4.39. The number of esters is 1. The summed E-state index contributed by atoms with van der Waals surface area (Å²) in [4.78, 5) is 21.0. The highest BCUT2D eigenvalue weighted by Gasteiger charge is 2.12. The first-order valence-corrected chi connectivity index (χ1v) is 4.39. The molecule has 0 aliphatic carbocycles. The molecule has 0 unspecified atom stereocenters. The molecule has 0 aliphatic heterocycles. The van der Waals surface area contributed by atoms with Crippen molar-refractivity contribution in [1.82, 2.24) is 0 Å². The second-order valence-corrected chi connectivity index (χ2v) is 3.00. The van der Waals surface area contributed by atoms with E-state index in [2.05, 4.69) is 4.74 Å². The van der Waals surface area contributed by atoms with Gasteiger partial charge >= 0.3 is 5.97 Å². The molecule has 0 aromatic heterocycles. The topological polar surface area (TPSA) is 43.4 Å². The van der Waals surface area contributed by atoms with E-state index in [-0.39, 0.29) is 11.8 Å². The van der Waals surface area contributed by atoms with Crippen molar-refractivity contribution in [1.29, 1.82) is 0 Å². The number of carbonyl (C=O) groups is 2. The Hall–Kier alpha value is -2.11. The molecule has 0 aliphatic rings. The molecule has 3 nitrogen and oxygen atoms in total. The van der Waals surface area contributed by atoms with Crippen LogP contribution in [0.5, 0.6) is 0 Å². The molecule has 0 radical (unpaired) electrons. The Morgan fingerprint density at radius 3 is 2.24 bits per heavy atom. The van der Waals surface area contributed by atoms with Crippen LogP contribution in [0.4, 0.5) is 13.2 Å². The van der Waals surface area contributed by atoms with Crippen molar-refractivity contribution in [2.75, 3.05) is 7.11 Å². The van der Waals surface area contributed by atoms with Crippen molar-refractivity contribution in [2.45, 2.75) is 0 Å². The predicted octanol–water partition coefficient (Wildman–Crippen LogP) is 2.26. The van der Waals surface area contributed by atoms with Crippen LogP contribution in [0.1, 0.15) is 15.9 Å². The Kier molecular flexibility index (Phi) is 4.03. The number of hydrogen-bond donors (Lipinski definition) is 0. The van der Waals surface area contributed by atoms with Gasteiger partial charge in [0, 0.05) is 0 Å². The second-order valence-electron chi connectivity index (χ2n) is 3.00. The number of rotatable bonds is 3. The summed E-state index contributed by atoms with van der Waals surface area (Å²) in [5, 5.41) is 0. The van der Waals surface area contributed by atoms with Crippen LogP contribution in [0.2, 0.25) is 0 Å². The van der Waals surface area contributed by atoms with Crippen LogP contribution in [0, 0.1) is 11.6 Å². The molecule has 0 spiro atoms. The minimum atomic E-state index is -1.30. The monoisotopic (exact) mass is 244 g/mol. The van der Waals surface area contributed by atoms with Crippen LogP contribution in [0.25, 0.3) is 6.08 Å². The van der Waals surface area contributed by atoms with E-state index in [1.165, 1.54) is 0 Å². The Labute approximate surface area is 94.5 Å². The highest BCUT2D eigenvalue weighted by atomic mass is 19.1. The summed E-state index contributed by atoms with van der Waals surface area (Å²) in [5.74, 6) is -4.83. The van der Waals surface area contributed by atoms with E-state index in [0.717, 1.165) is 19.2 Å². The summed E-state index contributed by atoms with van der Waals surface area (Å²) in [5.41, 5.74) is -0.978. The van der Waals surface area contributed by atoms with Gasteiger partial charge in [-0.2, -0.15) is 4.39 Å². The van der Waals surface area contributed by atoms with Gasteiger partial charge < -0.3 is 4.74 Å². The number of aldehydes is 1. The quantitative estimate of drug-likeness (QED) is 0.465. The summed E-state index contributed by atoms with van der Waals surface area (Å²) in [7, 11) is 0.965. The maximum absolute atomic E-state index is 13.1. The Balaban J connectivity index is 3.18. The van der Waals surface area contributed by atoms with Gasteiger partial charge in [0.25, 0.3) is 0 Å². The molecule has 0 heterocycles. The first-order chi connectivity index (χ1) is 7.99. The van der Waals surface area contributed by atoms with Gasteiger partial charge in [0.2, 0.25) is 5.83 Å². The lowest BCUT2D eigenvalue weighted by atomic mass is 10.1. The van der Waals surface area contributed by atoms with E-state index in [1.807, 2.05) is 0 Å². The van der Waals surface area contributed by atoms with E-state index < -0.39 is 29.0 Å². The standard InChI is InChI=1S/C11H7F3O3/c1-17-11(16)10(14)4-6-2-8(12)7(5-15)9(13)3-6/h2-5H,1H3/b10-4-. The fraction of sp³-hybridized carbons (Fsp3) is 0.0909. The molecule has 17 heavy (non-hydrogen) atoms. The number of benzene rings is 1. The molecular formula is C11H7F3O3. The highest BCUT2D eigenvalue weighted by molar-refractivity contribution is 5.91. The molecular weight excluding hydrogens is 237 g/mol. The number of carbonyl (C=O) groups excluding carboxylic acids is 2. The van der Waals surface area contributed by atoms with E-state index in [0.29, 0.717) is 6.08 Å². The van der Waals surface area contributed by atoms with E-state index >= 15 is 0 Å². The summed E-state index contributed by atoms with van der Waals surface area (Å²) < 4.78 is 43.3. The van der Waals surface area contributed by atoms with Gasteiger partial charge in [0.15, 0.2) is 6.29 Å². The molecule has 1 rings (SSSR count). The average Bonchev–Trinajstić information content (AvgIpc) is 2.27. The first kappa shape index (κ1) is 13.0. The van der Waals surface area contributed by atoms with Crippen molar-refractivity contribution in [3.63, 3.8) is 0 Å². The Morgan fingerprint density at radius 1 is 1.29 bits per heavy atom. The zero-order valence-electron chi connectivity index (χ0n) is 8.67. The van der Waals surface area contributed by atoms with Crippen molar-refractivity contribution < 1.29 is 27.5 Å². The van der Waals surface area contributed by atoms with Crippen LogP contribution in [-0.2, 0) is 9.53 Å². The smallest absolute Gasteiger partial charge is 0.366 e. The Morgan fingerprint density at radius 2 is 1.82 bits per heavy atom. The van der Waals surface area contributed by atoms with Crippen LogP contribution in [0.3, 0.4) is 0 Å². The van der Waals surface area contributed by atoms with Gasteiger partial charge in [0.05, 0.1) is 12.7 Å². The third-order valence-electron chi connectivity index (χ3n) is 1.89. The van der Waals surface area contributed by atoms with Gasteiger partial charge in [-0.25, -0.2) is 13.6 Å². The number of methoxy groups -OCH3 is 1. The second kappa shape index (κ2) is 5.29. The van der Waals surface area contributed by atoms with Gasteiger partial charge in [-0.1, -0.05) is 0 Å². The number of ether oxygens (including phenoxy) is 1. The lowest BCUT2D eigenvalue weighted by Gasteiger charge is -2.00. The maximum atomic E-state index is 13.1. The molecule has 0 atom stereocenters. The molecule has 0 fully saturated rings. The Bertz CT molecular complexity index is 472. The van der Waals surface area contributed by atoms with Crippen LogP contribution in [-0.4, -0.2) is 19.4 Å². The molecule has 1 aromatic rings. The van der Waals surface area contributed by atoms with Crippen molar-refractivity contribution in [3.05, 3.63) is 40.7 Å². The fourth-order valence-corrected chi connectivity index (χ4v) is 1.10. The normalized spacial score (nSPS) is 11.2. The molecule has 0 amide bonds. The van der Waals surface area contributed by atoms with Gasteiger partial charge in [-0.15, -0.1) is 0 Å². The minimum absolute atomic E-state index is 0.00875. The van der Waals surface area contributed by atoms with E-state index in [4.69, 9.17) is 0 Å². The van der Waals surface area contributed by atoms with Gasteiger partial charge in [-0.05, 0) is 23.8 Å². The van der Waals surface area contributed by atoms with Crippen molar-refractivity contribution in [2.24, 2.45) is 0 Å². The highest BCUT2D eigenvalue weighted by Crippen LogP contribution is 2.16. The largest absolute Gasteiger partial charge is 0.464 e. The summed E-state index contributed by atoms with van der Waals surface area (Å²) in [6.07, 6.45) is 0.613. The summed E-state index contributed by atoms with van der Waals surface area (Å²) in [6, 6.07) is 1.46. The van der Waals surface area contributed by atoms with Crippen molar-refractivity contribution >= 4 is 18.3 Å². The third-order valence-corrected chi connectivity index (χ3v) is 1.89. The molecule has 0 saturated heterocycles. The van der Waals surface area contributed by atoms with Crippen LogP contribution >= 0.6 is 0 Å². The molecule has 1 aromatic carbocycles. The fourth-order valence-electron chi connectivity index (χ4n) is 1.10. The zero-order valence-corrected chi connectivity index (χ0v) is 8.67. The molecule has 0 saturated carbocycles. The maximum Gasteiger partial charge on any atom is 0.366 e. The van der Waals surface area contributed by atoms with Gasteiger partial charge in [0.1, 0.15) is 11.6 Å². The molecule has 6 heteroatoms. The third kappa shape index (κ3) is 2.93. The lowest BCUT2D eigenvalue weighted by Crippen LogP contribution is -2.00. The lowest BCUT2D eigenvalue weighted by molar-refractivity contribution is -0.137. The van der Waals surface area contributed by atoms with E-state index in [1.54, 1.807) is 0 Å². The van der Waals surface area contributed by atoms with E-state index in [9.17, 15) is 22.8 Å². The minimum Gasteiger partial charge on any atom is -0.464 e. The molecule has 0 bridgehead atoms. The molecule has 0 N–H and O–H groups in total. The van der Waals surface area contributed by atoms with Crippen LogP contribution in [0.15, 0.2) is 18.0 Å². The summed E-state index contributed by atoms with van der Waals surface area (Å²) in [6.45, 7) is 0.